The summed E-state index contributed by atoms with van der Waals surface area (Å²) in [6.45, 7) is 8.73. The lowest BCUT2D eigenvalue weighted by Crippen LogP contribution is -2.30. The third-order valence-electron chi connectivity index (χ3n) is 3.42. The van der Waals surface area contributed by atoms with Gasteiger partial charge in [0.2, 0.25) is 0 Å². The highest BCUT2D eigenvalue weighted by atomic mass is 14.6. The maximum Gasteiger partial charge on any atom is 0.0105 e. The zero-order valence-corrected chi connectivity index (χ0v) is 10.4. The zero-order valence-electron chi connectivity index (χ0n) is 10.4. The van der Waals surface area contributed by atoms with E-state index in [1.807, 2.05) is 0 Å². The molecule has 0 aliphatic heterocycles. The highest BCUT2D eigenvalue weighted by Gasteiger charge is 2.11. The van der Waals surface area contributed by atoms with Crippen molar-refractivity contribution in [3.8, 4) is 0 Å². The molecule has 0 heterocycles. The van der Waals surface area contributed by atoms with Crippen molar-refractivity contribution in [2.45, 2.75) is 46.6 Å². The summed E-state index contributed by atoms with van der Waals surface area (Å²) in [4.78, 5) is 0. The Morgan fingerprint density at radius 3 is 2.40 bits per heavy atom. The summed E-state index contributed by atoms with van der Waals surface area (Å²) in [6, 6.07) is 6.94. The normalized spacial score (nSPS) is 15.0. The average Bonchev–Trinajstić information content (AvgIpc) is 2.22. The first-order valence-corrected chi connectivity index (χ1v) is 5.86. The van der Waals surface area contributed by atoms with E-state index in [0.717, 1.165) is 12.8 Å². The molecule has 15 heavy (non-hydrogen) atoms. The Bertz CT molecular complexity index is 317. The van der Waals surface area contributed by atoms with E-state index < -0.39 is 0 Å². The minimum atomic E-state index is 0.289. The number of hydrogen-bond donors (Lipinski definition) is 1. The second-order valence-electron chi connectivity index (χ2n) is 4.67. The van der Waals surface area contributed by atoms with Crippen molar-refractivity contribution in [3.05, 3.63) is 34.9 Å². The van der Waals surface area contributed by atoms with Crippen molar-refractivity contribution in [1.29, 1.82) is 0 Å². The molecule has 0 aliphatic rings. The summed E-state index contributed by atoms with van der Waals surface area (Å²) >= 11 is 0. The van der Waals surface area contributed by atoms with Crippen LogP contribution in [0.2, 0.25) is 0 Å². The summed E-state index contributed by atoms with van der Waals surface area (Å²) in [6.07, 6.45) is 2.15. The molecular formula is C14H23N. The van der Waals surface area contributed by atoms with Gasteiger partial charge in [0.25, 0.3) is 0 Å². The Morgan fingerprint density at radius 2 is 1.87 bits per heavy atom. The first-order valence-electron chi connectivity index (χ1n) is 5.86. The summed E-state index contributed by atoms with van der Waals surface area (Å²) in [5, 5.41) is 0. The molecule has 84 valence electrons. The van der Waals surface area contributed by atoms with Gasteiger partial charge in [-0.25, -0.2) is 0 Å². The Morgan fingerprint density at radius 1 is 1.20 bits per heavy atom. The van der Waals surface area contributed by atoms with Crippen LogP contribution in [0.15, 0.2) is 18.2 Å². The third-order valence-corrected chi connectivity index (χ3v) is 3.42. The molecule has 0 saturated heterocycles. The number of rotatable bonds is 4. The average molecular weight is 205 g/mol. The van der Waals surface area contributed by atoms with Crippen LogP contribution in [-0.2, 0) is 6.42 Å². The molecule has 0 aromatic heterocycles. The highest BCUT2D eigenvalue weighted by molar-refractivity contribution is 5.30. The van der Waals surface area contributed by atoms with Gasteiger partial charge >= 0.3 is 0 Å². The molecular weight excluding hydrogens is 182 g/mol. The van der Waals surface area contributed by atoms with Gasteiger partial charge in [0.05, 0.1) is 0 Å². The summed E-state index contributed by atoms with van der Waals surface area (Å²) < 4.78 is 0. The van der Waals surface area contributed by atoms with Gasteiger partial charge in [0, 0.05) is 6.04 Å². The number of nitrogens with two attached hydrogens (primary N) is 1. The van der Waals surface area contributed by atoms with E-state index >= 15 is 0 Å². The van der Waals surface area contributed by atoms with E-state index in [1.54, 1.807) is 0 Å². The number of hydrogen-bond acceptors (Lipinski definition) is 1. The van der Waals surface area contributed by atoms with E-state index in [0.29, 0.717) is 5.92 Å². The molecule has 1 heteroatoms. The quantitative estimate of drug-likeness (QED) is 0.802. The maximum absolute atomic E-state index is 6.15. The van der Waals surface area contributed by atoms with Crippen LogP contribution < -0.4 is 5.73 Å². The molecule has 2 N–H and O–H groups in total. The number of benzene rings is 1. The molecule has 2 unspecified atom stereocenters. The Kier molecular flexibility index (Phi) is 4.34. The van der Waals surface area contributed by atoms with Crippen LogP contribution in [0.25, 0.3) is 0 Å². The molecule has 0 amide bonds. The van der Waals surface area contributed by atoms with Crippen LogP contribution in [-0.4, -0.2) is 6.04 Å². The van der Waals surface area contributed by atoms with Crippen LogP contribution in [0.5, 0.6) is 0 Å². The van der Waals surface area contributed by atoms with Gasteiger partial charge in [-0.05, 0) is 42.9 Å². The van der Waals surface area contributed by atoms with E-state index in [2.05, 4.69) is 45.9 Å². The third kappa shape index (κ3) is 3.35. The SMILES string of the molecule is CCC(C)C(N)Cc1ccc(C)c(C)c1. The molecule has 1 aromatic rings. The standard InChI is InChI=1S/C14H23N/c1-5-10(2)14(15)9-13-7-6-11(3)12(4)8-13/h6-8,10,14H,5,9,15H2,1-4H3. The highest BCUT2D eigenvalue weighted by Crippen LogP contribution is 2.14. The van der Waals surface area contributed by atoms with Crippen LogP contribution in [0, 0.1) is 19.8 Å². The molecule has 0 fully saturated rings. The summed E-state index contributed by atoms with van der Waals surface area (Å²) in [7, 11) is 0. The molecule has 1 rings (SSSR count). The van der Waals surface area contributed by atoms with Gasteiger partial charge in [-0.1, -0.05) is 38.5 Å². The molecule has 1 nitrogen and oxygen atoms in total. The van der Waals surface area contributed by atoms with Crippen molar-refractivity contribution in [1.82, 2.24) is 0 Å². The largest absolute Gasteiger partial charge is 0.327 e. The predicted molar refractivity (Wildman–Crippen MR) is 67.1 cm³/mol. The fraction of sp³-hybridized carbons (Fsp3) is 0.571. The lowest BCUT2D eigenvalue weighted by Gasteiger charge is -2.18. The van der Waals surface area contributed by atoms with E-state index in [1.165, 1.54) is 16.7 Å². The van der Waals surface area contributed by atoms with Gasteiger partial charge in [0.1, 0.15) is 0 Å². The predicted octanol–water partition coefficient (Wildman–Crippen LogP) is 3.22. The van der Waals surface area contributed by atoms with E-state index in [-0.39, 0.29) is 6.04 Å². The minimum absolute atomic E-state index is 0.289. The molecule has 0 aliphatic carbocycles. The molecule has 2 atom stereocenters. The molecule has 0 saturated carbocycles. The minimum Gasteiger partial charge on any atom is -0.327 e. The molecule has 0 radical (unpaired) electrons. The van der Waals surface area contributed by atoms with Crippen molar-refractivity contribution >= 4 is 0 Å². The van der Waals surface area contributed by atoms with Crippen molar-refractivity contribution in [2.75, 3.05) is 0 Å². The van der Waals surface area contributed by atoms with Crippen LogP contribution in [0.1, 0.15) is 37.0 Å². The van der Waals surface area contributed by atoms with Gasteiger partial charge < -0.3 is 5.73 Å². The van der Waals surface area contributed by atoms with Crippen molar-refractivity contribution in [3.63, 3.8) is 0 Å². The Hall–Kier alpha value is -0.820. The lowest BCUT2D eigenvalue weighted by molar-refractivity contribution is 0.440. The van der Waals surface area contributed by atoms with Crippen molar-refractivity contribution < 1.29 is 0 Å². The fourth-order valence-electron chi connectivity index (χ4n) is 1.71. The monoisotopic (exact) mass is 205 g/mol. The molecule has 0 bridgehead atoms. The zero-order chi connectivity index (χ0) is 11.4. The van der Waals surface area contributed by atoms with Crippen molar-refractivity contribution in [2.24, 2.45) is 11.7 Å². The summed E-state index contributed by atoms with van der Waals surface area (Å²) in [5.41, 5.74) is 10.2. The van der Waals surface area contributed by atoms with Crippen LogP contribution in [0.3, 0.4) is 0 Å². The summed E-state index contributed by atoms with van der Waals surface area (Å²) in [5.74, 6) is 0.603. The van der Waals surface area contributed by atoms with Crippen LogP contribution in [0.4, 0.5) is 0 Å². The van der Waals surface area contributed by atoms with Gasteiger partial charge in [-0.2, -0.15) is 0 Å². The van der Waals surface area contributed by atoms with Crippen LogP contribution >= 0.6 is 0 Å². The first kappa shape index (κ1) is 12.3. The fourth-order valence-corrected chi connectivity index (χ4v) is 1.71. The van der Waals surface area contributed by atoms with E-state index in [9.17, 15) is 0 Å². The second-order valence-corrected chi connectivity index (χ2v) is 4.67. The van der Waals surface area contributed by atoms with Gasteiger partial charge in [-0.15, -0.1) is 0 Å². The lowest BCUT2D eigenvalue weighted by atomic mass is 9.93. The van der Waals surface area contributed by atoms with Gasteiger partial charge in [0.15, 0.2) is 0 Å². The Labute approximate surface area is 93.7 Å². The van der Waals surface area contributed by atoms with E-state index in [4.69, 9.17) is 5.73 Å². The maximum atomic E-state index is 6.15. The smallest absolute Gasteiger partial charge is 0.0105 e. The van der Waals surface area contributed by atoms with Gasteiger partial charge in [-0.3, -0.25) is 0 Å². The first-order chi connectivity index (χ1) is 7.04. The Balaban J connectivity index is 2.68. The topological polar surface area (TPSA) is 26.0 Å². The second kappa shape index (κ2) is 5.32. The molecule has 0 spiro atoms. The number of aryl methyl sites for hydroxylation is 2. The molecule has 1 aromatic carbocycles.